The molecule has 0 saturated carbocycles. The van der Waals surface area contributed by atoms with E-state index in [9.17, 15) is 9.59 Å². The molecule has 1 saturated heterocycles. The number of hydrogen-bond donors (Lipinski definition) is 2. The molecule has 28 heavy (non-hydrogen) atoms. The van der Waals surface area contributed by atoms with Gasteiger partial charge in [-0.25, -0.2) is 0 Å². The van der Waals surface area contributed by atoms with E-state index in [0.717, 1.165) is 16.5 Å². The molecule has 2 amide bonds. The Hall–Kier alpha value is -1.89. The second-order valence-electron chi connectivity index (χ2n) is 6.69. The van der Waals surface area contributed by atoms with Crippen molar-refractivity contribution in [1.82, 2.24) is 15.5 Å². The van der Waals surface area contributed by atoms with E-state index in [-0.39, 0.29) is 30.6 Å². The maximum Gasteiger partial charge on any atom is 0.240 e. The lowest BCUT2D eigenvalue weighted by Gasteiger charge is -2.33. The lowest BCUT2D eigenvalue weighted by molar-refractivity contribution is -0.138. The van der Waals surface area contributed by atoms with Crippen LogP contribution in [0.15, 0.2) is 59.1 Å². The summed E-state index contributed by atoms with van der Waals surface area (Å²) >= 11 is 3.46. The molecule has 1 aliphatic rings. The maximum absolute atomic E-state index is 12.7. The van der Waals surface area contributed by atoms with Crippen LogP contribution in [0.3, 0.4) is 0 Å². The van der Waals surface area contributed by atoms with Crippen molar-refractivity contribution in [2.75, 3.05) is 19.6 Å². The Bertz CT molecular complexity index is 788. The van der Waals surface area contributed by atoms with Crippen LogP contribution in [0.2, 0.25) is 0 Å². The van der Waals surface area contributed by atoms with Crippen LogP contribution in [0.1, 0.15) is 17.5 Å². The van der Waals surface area contributed by atoms with Gasteiger partial charge in [-0.05, 0) is 29.7 Å². The van der Waals surface area contributed by atoms with Gasteiger partial charge in [-0.15, -0.1) is 12.4 Å². The Kier molecular flexibility index (Phi) is 8.96. The van der Waals surface area contributed by atoms with Crippen molar-refractivity contribution in [1.29, 1.82) is 0 Å². The molecule has 5 nitrogen and oxygen atoms in total. The molecule has 1 fully saturated rings. The van der Waals surface area contributed by atoms with Gasteiger partial charge in [-0.3, -0.25) is 9.59 Å². The highest BCUT2D eigenvalue weighted by Gasteiger charge is 2.29. The Balaban J connectivity index is 0.00000280. The Labute approximate surface area is 180 Å². The van der Waals surface area contributed by atoms with Gasteiger partial charge in [0, 0.05) is 30.7 Å². The zero-order chi connectivity index (χ0) is 19.1. The van der Waals surface area contributed by atoms with Crippen LogP contribution in [0.5, 0.6) is 0 Å². The standard InChI is InChI=1S/C21H24BrN3O2.ClH/c22-18-8-4-7-17(13-18)15-25-12-11-23-19(21(25)27)14-20(26)24-10-9-16-5-2-1-3-6-16;/h1-8,13,19,23H,9-12,14-15H2,(H,24,26);1H. The van der Waals surface area contributed by atoms with E-state index in [1.54, 1.807) is 0 Å². The predicted octanol–water partition coefficient (Wildman–Crippen LogP) is 2.92. The summed E-state index contributed by atoms with van der Waals surface area (Å²) < 4.78 is 0.997. The van der Waals surface area contributed by atoms with Crippen LogP contribution in [0.4, 0.5) is 0 Å². The molecule has 2 N–H and O–H groups in total. The molecule has 150 valence electrons. The zero-order valence-corrected chi connectivity index (χ0v) is 18.0. The number of piperazine rings is 1. The Morgan fingerprint density at radius 1 is 1.14 bits per heavy atom. The summed E-state index contributed by atoms with van der Waals surface area (Å²) in [5.74, 6) is -0.111. The van der Waals surface area contributed by atoms with Gasteiger partial charge >= 0.3 is 0 Å². The largest absolute Gasteiger partial charge is 0.356 e. The highest BCUT2D eigenvalue weighted by Crippen LogP contribution is 2.15. The number of hydrogen-bond acceptors (Lipinski definition) is 3. The van der Waals surface area contributed by atoms with Crippen LogP contribution in [-0.4, -0.2) is 42.4 Å². The van der Waals surface area contributed by atoms with Crippen LogP contribution < -0.4 is 10.6 Å². The fraction of sp³-hybridized carbons (Fsp3) is 0.333. The van der Waals surface area contributed by atoms with E-state index < -0.39 is 6.04 Å². The number of halogens is 2. The fourth-order valence-corrected chi connectivity index (χ4v) is 3.66. The lowest BCUT2D eigenvalue weighted by Crippen LogP contribution is -2.55. The third-order valence-electron chi connectivity index (χ3n) is 4.61. The van der Waals surface area contributed by atoms with Gasteiger partial charge in [0.2, 0.25) is 11.8 Å². The quantitative estimate of drug-likeness (QED) is 0.659. The van der Waals surface area contributed by atoms with Gasteiger partial charge in [0.1, 0.15) is 0 Å². The average Bonchev–Trinajstić information content (AvgIpc) is 2.66. The van der Waals surface area contributed by atoms with E-state index >= 15 is 0 Å². The van der Waals surface area contributed by atoms with E-state index in [0.29, 0.717) is 26.2 Å². The number of nitrogens with one attached hydrogen (secondary N) is 2. The number of carbonyl (C=O) groups excluding carboxylic acids is 2. The second kappa shape index (κ2) is 11.2. The zero-order valence-electron chi connectivity index (χ0n) is 15.6. The molecule has 1 atom stereocenters. The first kappa shape index (κ1) is 22.4. The molecule has 2 aromatic rings. The third kappa shape index (κ3) is 6.62. The molecule has 1 heterocycles. The molecule has 2 aromatic carbocycles. The Morgan fingerprint density at radius 3 is 2.64 bits per heavy atom. The minimum absolute atomic E-state index is 0. The minimum Gasteiger partial charge on any atom is -0.356 e. The van der Waals surface area contributed by atoms with Gasteiger partial charge in [0.15, 0.2) is 0 Å². The molecule has 1 aliphatic heterocycles. The SMILES string of the molecule is Cl.O=C(CC1NCCN(Cc2cccc(Br)c2)C1=O)NCCc1ccccc1. The molecular weight excluding hydrogens is 442 g/mol. The van der Waals surface area contributed by atoms with Crippen LogP contribution in [-0.2, 0) is 22.6 Å². The smallest absolute Gasteiger partial charge is 0.240 e. The summed E-state index contributed by atoms with van der Waals surface area (Å²) in [6.45, 7) is 2.48. The number of carbonyl (C=O) groups is 2. The second-order valence-corrected chi connectivity index (χ2v) is 7.60. The van der Waals surface area contributed by atoms with Crippen molar-refractivity contribution in [2.45, 2.75) is 25.4 Å². The van der Waals surface area contributed by atoms with E-state index in [1.165, 1.54) is 5.56 Å². The topological polar surface area (TPSA) is 61.4 Å². The molecule has 7 heteroatoms. The van der Waals surface area contributed by atoms with E-state index in [2.05, 4.69) is 26.6 Å². The van der Waals surface area contributed by atoms with Crippen molar-refractivity contribution >= 4 is 40.2 Å². The van der Waals surface area contributed by atoms with Gasteiger partial charge in [-0.1, -0.05) is 58.4 Å². The summed E-state index contributed by atoms with van der Waals surface area (Å²) in [5, 5.41) is 6.09. The molecular formula is C21H25BrClN3O2. The van der Waals surface area contributed by atoms with Crippen molar-refractivity contribution in [3.05, 3.63) is 70.2 Å². The van der Waals surface area contributed by atoms with E-state index in [1.807, 2.05) is 59.5 Å². The van der Waals surface area contributed by atoms with Crippen molar-refractivity contribution in [3.8, 4) is 0 Å². The van der Waals surface area contributed by atoms with Gasteiger partial charge in [0.05, 0.1) is 12.5 Å². The first-order chi connectivity index (χ1) is 13.1. The Morgan fingerprint density at radius 2 is 1.89 bits per heavy atom. The summed E-state index contributed by atoms with van der Waals surface area (Å²) in [5.41, 5.74) is 2.26. The van der Waals surface area contributed by atoms with E-state index in [4.69, 9.17) is 0 Å². The number of benzene rings is 2. The van der Waals surface area contributed by atoms with Crippen molar-refractivity contribution in [3.63, 3.8) is 0 Å². The molecule has 0 bridgehead atoms. The van der Waals surface area contributed by atoms with Crippen LogP contribution in [0.25, 0.3) is 0 Å². The van der Waals surface area contributed by atoms with Crippen molar-refractivity contribution in [2.24, 2.45) is 0 Å². The molecule has 0 radical (unpaired) electrons. The molecule has 0 aliphatic carbocycles. The first-order valence-electron chi connectivity index (χ1n) is 9.19. The molecule has 0 spiro atoms. The fourth-order valence-electron chi connectivity index (χ4n) is 3.21. The minimum atomic E-state index is -0.456. The molecule has 3 rings (SSSR count). The number of rotatable bonds is 7. The van der Waals surface area contributed by atoms with Gasteiger partial charge in [0.25, 0.3) is 0 Å². The number of amides is 2. The molecule has 0 aromatic heterocycles. The summed E-state index contributed by atoms with van der Waals surface area (Å²) in [7, 11) is 0. The summed E-state index contributed by atoms with van der Waals surface area (Å²) in [4.78, 5) is 26.8. The third-order valence-corrected chi connectivity index (χ3v) is 5.11. The monoisotopic (exact) mass is 465 g/mol. The molecule has 1 unspecified atom stereocenters. The van der Waals surface area contributed by atoms with Gasteiger partial charge < -0.3 is 15.5 Å². The maximum atomic E-state index is 12.7. The first-order valence-corrected chi connectivity index (χ1v) is 9.98. The van der Waals surface area contributed by atoms with Crippen molar-refractivity contribution < 1.29 is 9.59 Å². The van der Waals surface area contributed by atoms with Gasteiger partial charge in [-0.2, -0.15) is 0 Å². The normalized spacial score (nSPS) is 16.4. The average molecular weight is 467 g/mol. The summed E-state index contributed by atoms with van der Waals surface area (Å²) in [6.07, 6.45) is 0.955. The predicted molar refractivity (Wildman–Crippen MR) is 116 cm³/mol. The lowest BCUT2D eigenvalue weighted by atomic mass is 10.1. The summed E-state index contributed by atoms with van der Waals surface area (Å²) in [6, 6.07) is 17.5. The highest BCUT2D eigenvalue weighted by molar-refractivity contribution is 9.10. The van der Waals surface area contributed by atoms with Crippen LogP contribution in [0, 0.1) is 0 Å². The highest BCUT2D eigenvalue weighted by atomic mass is 79.9. The van der Waals surface area contributed by atoms with Crippen LogP contribution >= 0.6 is 28.3 Å². The number of nitrogens with zero attached hydrogens (tertiary/aromatic N) is 1.